The number of hydrogen-bond acceptors (Lipinski definition) is 8. The highest BCUT2D eigenvalue weighted by Gasteiger charge is 2.37. The largest absolute Gasteiger partial charge is 0.360 e. The maximum Gasteiger partial charge on any atom is 0.270 e. The van der Waals surface area contributed by atoms with Crippen LogP contribution >= 0.6 is 0 Å². The summed E-state index contributed by atoms with van der Waals surface area (Å²) in [5.74, 6) is -0.0875. The van der Waals surface area contributed by atoms with Crippen molar-refractivity contribution in [2.75, 3.05) is 31.2 Å². The van der Waals surface area contributed by atoms with Crippen LogP contribution in [0.5, 0.6) is 0 Å². The van der Waals surface area contributed by atoms with Gasteiger partial charge in [0.25, 0.3) is 5.91 Å². The quantitative estimate of drug-likeness (QED) is 0.649. The van der Waals surface area contributed by atoms with Gasteiger partial charge in [-0.2, -0.15) is 9.41 Å². The number of hydrazone groups is 1. The van der Waals surface area contributed by atoms with Crippen LogP contribution in [-0.4, -0.2) is 72.4 Å². The molecule has 1 amide bonds. The van der Waals surface area contributed by atoms with Gasteiger partial charge in [0.05, 0.1) is 5.69 Å². The average Bonchev–Trinajstić information content (AvgIpc) is 3.28. The first kappa shape index (κ1) is 23.1. The van der Waals surface area contributed by atoms with Gasteiger partial charge in [0, 0.05) is 32.6 Å². The van der Waals surface area contributed by atoms with Crippen LogP contribution in [0.3, 0.4) is 0 Å². The van der Waals surface area contributed by atoms with Crippen molar-refractivity contribution in [2.45, 2.75) is 44.6 Å². The van der Waals surface area contributed by atoms with Crippen molar-refractivity contribution in [3.63, 3.8) is 0 Å². The van der Waals surface area contributed by atoms with Gasteiger partial charge in [-0.15, -0.1) is 0 Å². The normalized spacial score (nSPS) is 20.0. The van der Waals surface area contributed by atoms with E-state index in [2.05, 4.69) is 10.3 Å². The van der Waals surface area contributed by atoms with Crippen molar-refractivity contribution in [1.29, 1.82) is 0 Å². The number of anilines is 1. The van der Waals surface area contributed by atoms with Gasteiger partial charge in [-0.1, -0.05) is 23.4 Å². The number of sulfonamides is 1. The number of Topliss-reactive ketones (excluding diaryl/α,β-unsaturated/α-hetero) is 1. The highest BCUT2D eigenvalue weighted by atomic mass is 32.2. The summed E-state index contributed by atoms with van der Waals surface area (Å²) in [7, 11) is -3.78. The Morgan fingerprint density at radius 1 is 1.06 bits per heavy atom. The lowest BCUT2D eigenvalue weighted by Crippen LogP contribution is -2.40. The van der Waals surface area contributed by atoms with Gasteiger partial charge in [-0.25, -0.2) is 8.42 Å². The van der Waals surface area contributed by atoms with Gasteiger partial charge >= 0.3 is 0 Å². The first-order valence-corrected chi connectivity index (χ1v) is 12.3. The number of carbonyl (C=O) groups is 2. The summed E-state index contributed by atoms with van der Waals surface area (Å²) in [6, 6.07) is 8.73. The van der Waals surface area contributed by atoms with Crippen molar-refractivity contribution in [3.8, 4) is 0 Å². The van der Waals surface area contributed by atoms with Crippen LogP contribution in [0.15, 0.2) is 44.9 Å². The predicted molar refractivity (Wildman–Crippen MR) is 121 cm³/mol. The Bertz CT molecular complexity index is 1170. The van der Waals surface area contributed by atoms with Crippen molar-refractivity contribution in [1.82, 2.24) is 14.4 Å². The minimum absolute atomic E-state index is 0.0713. The van der Waals surface area contributed by atoms with Crippen molar-refractivity contribution < 1.29 is 22.5 Å². The SMILES string of the molecule is CC(=O)C1CC(C(=O)N2CCCN(S(=O)(=O)c3c(C)noc3C)CC2)=NN1c1ccccc1. The molecule has 1 aromatic heterocycles. The summed E-state index contributed by atoms with van der Waals surface area (Å²) in [5, 5.41) is 9.84. The molecule has 3 heterocycles. The minimum Gasteiger partial charge on any atom is -0.360 e. The van der Waals surface area contributed by atoms with Gasteiger partial charge in [0.1, 0.15) is 22.3 Å². The fraction of sp³-hybridized carbons (Fsp3) is 0.455. The number of para-hydroxylation sites is 1. The summed E-state index contributed by atoms with van der Waals surface area (Å²) in [4.78, 5) is 27.2. The predicted octanol–water partition coefficient (Wildman–Crippen LogP) is 1.74. The van der Waals surface area contributed by atoms with Gasteiger partial charge in [0.15, 0.2) is 11.5 Å². The number of aryl methyl sites for hydroxylation is 2. The number of aromatic nitrogens is 1. The molecule has 0 saturated carbocycles. The van der Waals surface area contributed by atoms with Gasteiger partial charge in [0.2, 0.25) is 10.0 Å². The van der Waals surface area contributed by atoms with Crippen LogP contribution in [0.2, 0.25) is 0 Å². The maximum absolute atomic E-state index is 13.3. The van der Waals surface area contributed by atoms with Crippen molar-refractivity contribution in [3.05, 3.63) is 41.8 Å². The highest BCUT2D eigenvalue weighted by Crippen LogP contribution is 2.27. The van der Waals surface area contributed by atoms with E-state index in [1.807, 2.05) is 30.3 Å². The van der Waals surface area contributed by atoms with Crippen LogP contribution in [0.4, 0.5) is 5.69 Å². The van der Waals surface area contributed by atoms with E-state index in [4.69, 9.17) is 4.52 Å². The second-order valence-corrected chi connectivity index (χ2v) is 10.1. The van der Waals surface area contributed by atoms with E-state index in [1.54, 1.807) is 23.8 Å². The third kappa shape index (κ3) is 4.42. The average molecular weight is 474 g/mol. The van der Waals surface area contributed by atoms with Crippen molar-refractivity contribution >= 4 is 33.1 Å². The van der Waals surface area contributed by atoms with Crippen LogP contribution in [0.25, 0.3) is 0 Å². The molecule has 1 saturated heterocycles. The molecule has 11 heteroatoms. The Morgan fingerprint density at radius 2 is 1.79 bits per heavy atom. The molecule has 1 atom stereocenters. The van der Waals surface area contributed by atoms with E-state index >= 15 is 0 Å². The van der Waals surface area contributed by atoms with Crippen LogP contribution in [-0.2, 0) is 19.6 Å². The Labute approximate surface area is 192 Å². The molecule has 176 valence electrons. The molecule has 1 fully saturated rings. The minimum atomic E-state index is -3.78. The lowest BCUT2D eigenvalue weighted by atomic mass is 10.1. The number of nitrogens with zero attached hydrogens (tertiary/aromatic N) is 5. The summed E-state index contributed by atoms with van der Waals surface area (Å²) in [6.07, 6.45) is 0.709. The molecular formula is C22H27N5O5S. The molecule has 0 spiro atoms. The third-order valence-corrected chi connectivity index (χ3v) is 8.10. The lowest BCUT2D eigenvalue weighted by molar-refractivity contribution is -0.124. The first-order chi connectivity index (χ1) is 15.7. The van der Waals surface area contributed by atoms with Gasteiger partial charge in [-0.05, 0) is 39.3 Å². The Balaban J connectivity index is 1.50. The van der Waals surface area contributed by atoms with E-state index in [9.17, 15) is 18.0 Å². The summed E-state index contributed by atoms with van der Waals surface area (Å²) < 4.78 is 32.7. The molecule has 0 bridgehead atoms. The molecule has 2 aliphatic heterocycles. The zero-order chi connectivity index (χ0) is 23.8. The topological polar surface area (TPSA) is 116 Å². The molecule has 4 rings (SSSR count). The van der Waals surface area contributed by atoms with E-state index in [-0.39, 0.29) is 48.4 Å². The van der Waals surface area contributed by atoms with Crippen LogP contribution in [0.1, 0.15) is 31.2 Å². The molecule has 0 radical (unpaired) electrons. The van der Waals surface area contributed by atoms with Crippen molar-refractivity contribution in [2.24, 2.45) is 5.10 Å². The number of carbonyl (C=O) groups excluding carboxylic acids is 2. The van der Waals surface area contributed by atoms with E-state index in [0.717, 1.165) is 5.69 Å². The smallest absolute Gasteiger partial charge is 0.270 e. The van der Waals surface area contributed by atoms with Gasteiger partial charge < -0.3 is 9.42 Å². The Kier molecular flexibility index (Phi) is 6.35. The monoisotopic (exact) mass is 473 g/mol. The van der Waals surface area contributed by atoms with Gasteiger partial charge in [-0.3, -0.25) is 14.6 Å². The number of hydrogen-bond donors (Lipinski definition) is 0. The second-order valence-electron chi connectivity index (χ2n) is 8.26. The first-order valence-electron chi connectivity index (χ1n) is 10.8. The summed E-state index contributed by atoms with van der Waals surface area (Å²) in [5.41, 5.74) is 1.37. The number of amides is 1. The fourth-order valence-corrected chi connectivity index (χ4v) is 6.03. The lowest BCUT2D eigenvalue weighted by Gasteiger charge is -2.21. The molecule has 33 heavy (non-hydrogen) atoms. The molecule has 1 unspecified atom stereocenters. The molecule has 0 aliphatic carbocycles. The molecule has 0 N–H and O–H groups in total. The van der Waals surface area contributed by atoms with Crippen LogP contribution < -0.4 is 5.01 Å². The summed E-state index contributed by atoms with van der Waals surface area (Å²) in [6.45, 7) is 5.74. The Morgan fingerprint density at radius 3 is 2.42 bits per heavy atom. The third-order valence-electron chi connectivity index (χ3n) is 5.96. The molecule has 2 aliphatic rings. The van der Waals surface area contributed by atoms with E-state index in [1.165, 1.54) is 11.2 Å². The van der Waals surface area contributed by atoms with E-state index in [0.29, 0.717) is 24.4 Å². The molecule has 1 aromatic carbocycles. The van der Waals surface area contributed by atoms with E-state index < -0.39 is 16.1 Å². The Hall–Kier alpha value is -3.05. The van der Waals surface area contributed by atoms with Crippen LogP contribution in [0, 0.1) is 13.8 Å². The summed E-state index contributed by atoms with van der Waals surface area (Å²) >= 11 is 0. The zero-order valence-corrected chi connectivity index (χ0v) is 19.7. The molecular weight excluding hydrogens is 446 g/mol. The fourth-order valence-electron chi connectivity index (χ4n) is 4.27. The molecule has 10 nitrogen and oxygen atoms in total. The highest BCUT2D eigenvalue weighted by molar-refractivity contribution is 7.89. The molecule has 2 aromatic rings. The second kappa shape index (κ2) is 9.06. The number of ketones is 1. The number of benzene rings is 1. The number of rotatable bonds is 5. The standard InChI is InChI=1S/C22H27N5O5S/c1-15-21(17(3)32-24-15)33(30,31)26-11-7-10-25(12-13-26)22(29)19-14-20(16(2)28)27(23-19)18-8-5-4-6-9-18/h4-6,8-9,20H,7,10-14H2,1-3H3. The maximum atomic E-state index is 13.3. The zero-order valence-electron chi connectivity index (χ0n) is 18.9.